The highest BCUT2D eigenvalue weighted by atomic mass is 16.5. The van der Waals surface area contributed by atoms with Crippen molar-refractivity contribution in [1.82, 2.24) is 0 Å². The zero-order valence-electron chi connectivity index (χ0n) is 10.8. The van der Waals surface area contributed by atoms with E-state index >= 15 is 0 Å². The molecule has 0 fully saturated rings. The van der Waals surface area contributed by atoms with E-state index in [1.807, 2.05) is 37.3 Å². The molecule has 1 atom stereocenters. The molecule has 0 heterocycles. The first kappa shape index (κ1) is 14.2. The van der Waals surface area contributed by atoms with E-state index in [0.717, 1.165) is 5.56 Å². The lowest BCUT2D eigenvalue weighted by Crippen LogP contribution is -2.20. The maximum atomic E-state index is 11.7. The standard InChI is InChI=1S/C15H18O3/c1-4-14(12(3)16)11(2)15(17)18-10-13-8-6-5-7-9-13/h5-9,14H,2,4,10H2,1,3H3. The first-order valence-corrected chi connectivity index (χ1v) is 5.96. The fraction of sp³-hybridized carbons (Fsp3) is 0.333. The lowest BCUT2D eigenvalue weighted by molar-refractivity contribution is -0.142. The van der Waals surface area contributed by atoms with Crippen molar-refractivity contribution < 1.29 is 14.3 Å². The molecular weight excluding hydrogens is 228 g/mol. The Hall–Kier alpha value is -1.90. The lowest BCUT2D eigenvalue weighted by atomic mass is 9.94. The van der Waals surface area contributed by atoms with E-state index in [1.165, 1.54) is 6.92 Å². The van der Waals surface area contributed by atoms with Crippen LogP contribution in [-0.4, -0.2) is 11.8 Å². The van der Waals surface area contributed by atoms with E-state index in [1.54, 1.807) is 0 Å². The summed E-state index contributed by atoms with van der Waals surface area (Å²) in [5, 5.41) is 0. The summed E-state index contributed by atoms with van der Waals surface area (Å²) < 4.78 is 5.13. The summed E-state index contributed by atoms with van der Waals surface area (Å²) in [5.41, 5.74) is 1.15. The van der Waals surface area contributed by atoms with E-state index in [2.05, 4.69) is 6.58 Å². The van der Waals surface area contributed by atoms with Gasteiger partial charge in [-0.3, -0.25) is 4.79 Å². The number of hydrogen-bond acceptors (Lipinski definition) is 3. The summed E-state index contributed by atoms with van der Waals surface area (Å²) in [6, 6.07) is 9.40. The largest absolute Gasteiger partial charge is 0.457 e. The number of esters is 1. The molecule has 1 unspecified atom stereocenters. The van der Waals surface area contributed by atoms with Gasteiger partial charge >= 0.3 is 5.97 Å². The molecule has 0 saturated carbocycles. The van der Waals surface area contributed by atoms with Gasteiger partial charge in [0, 0.05) is 11.5 Å². The van der Waals surface area contributed by atoms with Crippen LogP contribution in [0.25, 0.3) is 0 Å². The van der Waals surface area contributed by atoms with Crippen LogP contribution in [0.4, 0.5) is 0 Å². The van der Waals surface area contributed by atoms with Crippen LogP contribution in [0.1, 0.15) is 25.8 Å². The molecule has 1 aromatic carbocycles. The molecule has 0 aliphatic carbocycles. The van der Waals surface area contributed by atoms with Gasteiger partial charge in [0.25, 0.3) is 0 Å². The molecule has 3 heteroatoms. The summed E-state index contributed by atoms with van der Waals surface area (Å²) in [4.78, 5) is 23.1. The summed E-state index contributed by atoms with van der Waals surface area (Å²) in [5.74, 6) is -0.992. The number of Topliss-reactive ketones (excluding diaryl/α,β-unsaturated/α-hetero) is 1. The minimum absolute atomic E-state index is 0.0563. The molecule has 0 bridgehead atoms. The molecule has 1 rings (SSSR count). The molecule has 0 saturated heterocycles. The molecule has 3 nitrogen and oxygen atoms in total. The average molecular weight is 246 g/mol. The number of ether oxygens (including phenoxy) is 1. The van der Waals surface area contributed by atoms with Gasteiger partial charge in [0.05, 0.1) is 0 Å². The van der Waals surface area contributed by atoms with Crippen LogP contribution in [0.5, 0.6) is 0 Å². The first-order valence-electron chi connectivity index (χ1n) is 5.96. The predicted molar refractivity (Wildman–Crippen MR) is 69.8 cm³/mol. The van der Waals surface area contributed by atoms with E-state index in [0.29, 0.717) is 6.42 Å². The molecule has 0 aliphatic rings. The molecule has 18 heavy (non-hydrogen) atoms. The van der Waals surface area contributed by atoms with Gasteiger partial charge in [0.1, 0.15) is 12.4 Å². The molecule has 0 aromatic heterocycles. The van der Waals surface area contributed by atoms with Gasteiger partial charge in [0.2, 0.25) is 0 Å². The van der Waals surface area contributed by atoms with Crippen LogP contribution in [0, 0.1) is 5.92 Å². The molecule has 0 spiro atoms. The van der Waals surface area contributed by atoms with Crippen LogP contribution in [0.3, 0.4) is 0 Å². The van der Waals surface area contributed by atoms with Gasteiger partial charge in [-0.25, -0.2) is 4.79 Å². The second-order valence-electron chi connectivity index (χ2n) is 4.16. The van der Waals surface area contributed by atoms with Gasteiger partial charge in [-0.2, -0.15) is 0 Å². The third-order valence-electron chi connectivity index (χ3n) is 2.79. The zero-order valence-corrected chi connectivity index (χ0v) is 10.8. The minimum atomic E-state index is -0.499. The Morgan fingerprint density at radius 1 is 1.28 bits per heavy atom. The van der Waals surface area contributed by atoms with Crippen molar-refractivity contribution >= 4 is 11.8 Å². The Labute approximate surface area is 107 Å². The van der Waals surface area contributed by atoms with Crippen molar-refractivity contribution in [3.8, 4) is 0 Å². The summed E-state index contributed by atoms with van der Waals surface area (Å²) in [6.07, 6.45) is 0.564. The molecule has 1 aromatic rings. The Morgan fingerprint density at radius 3 is 2.39 bits per heavy atom. The number of ketones is 1. The van der Waals surface area contributed by atoms with Crippen LogP contribution < -0.4 is 0 Å². The van der Waals surface area contributed by atoms with Gasteiger partial charge < -0.3 is 4.74 Å². The molecule has 0 N–H and O–H groups in total. The number of benzene rings is 1. The SMILES string of the molecule is C=C(C(=O)OCc1ccccc1)C(CC)C(C)=O. The van der Waals surface area contributed by atoms with Gasteiger partial charge in [0.15, 0.2) is 0 Å². The van der Waals surface area contributed by atoms with E-state index in [9.17, 15) is 9.59 Å². The van der Waals surface area contributed by atoms with Crippen LogP contribution in [0.15, 0.2) is 42.5 Å². The van der Waals surface area contributed by atoms with Crippen molar-refractivity contribution in [2.24, 2.45) is 5.92 Å². The summed E-state index contributed by atoms with van der Waals surface area (Å²) in [7, 11) is 0. The smallest absolute Gasteiger partial charge is 0.334 e. The minimum Gasteiger partial charge on any atom is -0.457 e. The predicted octanol–water partition coefficient (Wildman–Crippen LogP) is 2.90. The number of carbonyl (C=O) groups excluding carboxylic acids is 2. The van der Waals surface area contributed by atoms with Crippen molar-refractivity contribution in [2.75, 3.05) is 0 Å². The third kappa shape index (κ3) is 3.84. The first-order chi connectivity index (χ1) is 8.56. The highest BCUT2D eigenvalue weighted by Gasteiger charge is 2.22. The van der Waals surface area contributed by atoms with Gasteiger partial charge in [-0.15, -0.1) is 0 Å². The highest BCUT2D eigenvalue weighted by Crippen LogP contribution is 2.16. The molecule has 96 valence electrons. The zero-order chi connectivity index (χ0) is 13.5. The van der Waals surface area contributed by atoms with Crippen LogP contribution in [-0.2, 0) is 20.9 Å². The number of rotatable bonds is 6. The fourth-order valence-electron chi connectivity index (χ4n) is 1.74. The van der Waals surface area contributed by atoms with E-state index < -0.39 is 11.9 Å². The Morgan fingerprint density at radius 2 is 1.89 bits per heavy atom. The van der Waals surface area contributed by atoms with E-state index in [4.69, 9.17) is 4.74 Å². The Bertz CT molecular complexity index is 434. The Balaban J connectivity index is 2.55. The average Bonchev–Trinajstić information content (AvgIpc) is 2.37. The number of hydrogen-bond donors (Lipinski definition) is 0. The lowest BCUT2D eigenvalue weighted by Gasteiger charge is -2.13. The molecule has 0 aliphatic heterocycles. The highest BCUT2D eigenvalue weighted by molar-refractivity contribution is 5.96. The van der Waals surface area contributed by atoms with Crippen LogP contribution in [0.2, 0.25) is 0 Å². The topological polar surface area (TPSA) is 43.4 Å². The van der Waals surface area contributed by atoms with Crippen molar-refractivity contribution in [1.29, 1.82) is 0 Å². The maximum Gasteiger partial charge on any atom is 0.334 e. The summed E-state index contributed by atoms with van der Waals surface area (Å²) in [6.45, 7) is 7.18. The van der Waals surface area contributed by atoms with Crippen molar-refractivity contribution in [3.05, 3.63) is 48.0 Å². The van der Waals surface area contributed by atoms with Crippen molar-refractivity contribution in [2.45, 2.75) is 26.9 Å². The van der Waals surface area contributed by atoms with Gasteiger partial charge in [-0.05, 0) is 18.9 Å². The second-order valence-corrected chi connectivity index (χ2v) is 4.16. The molecule has 0 amide bonds. The third-order valence-corrected chi connectivity index (χ3v) is 2.79. The van der Waals surface area contributed by atoms with Crippen LogP contribution >= 0.6 is 0 Å². The van der Waals surface area contributed by atoms with E-state index in [-0.39, 0.29) is 18.0 Å². The molecule has 0 radical (unpaired) electrons. The quantitative estimate of drug-likeness (QED) is 0.572. The monoisotopic (exact) mass is 246 g/mol. The normalized spacial score (nSPS) is 11.7. The van der Waals surface area contributed by atoms with Crippen molar-refractivity contribution in [3.63, 3.8) is 0 Å². The fourth-order valence-corrected chi connectivity index (χ4v) is 1.74. The summed E-state index contributed by atoms with van der Waals surface area (Å²) >= 11 is 0. The molecular formula is C15H18O3. The maximum absolute atomic E-state index is 11.7. The Kier molecular flexibility index (Phi) is 5.31. The second kappa shape index (κ2) is 6.74. The number of carbonyl (C=O) groups is 2. The van der Waals surface area contributed by atoms with Gasteiger partial charge in [-0.1, -0.05) is 43.8 Å².